The maximum absolute atomic E-state index is 6.53. The molecule has 1 aliphatic carbocycles. The summed E-state index contributed by atoms with van der Waals surface area (Å²) in [5.41, 5.74) is 2.65. The van der Waals surface area contributed by atoms with Crippen LogP contribution in [0.5, 0.6) is 0 Å². The average Bonchev–Trinajstić information content (AvgIpc) is 3.30. The van der Waals surface area contributed by atoms with Crippen LogP contribution in [0.1, 0.15) is 37.8 Å². The van der Waals surface area contributed by atoms with E-state index in [0.29, 0.717) is 27.7 Å². The van der Waals surface area contributed by atoms with Crippen molar-refractivity contribution < 1.29 is 0 Å². The standard InChI is InChI=1S/C21H20Br2Cl2N4SSe/c22-18-9-8-17(31-18)20-19(23)15(11-26-21(30)27-13-4-2-1-3-5-13)28-29(20)16-7-6-12(24)10-14(16)25/h6-10,13H,1-5,11H2,(H2,26,27,30). The molecular formula is C21H20Br2Cl2N4SSe. The number of aromatic nitrogens is 2. The Kier molecular flexibility index (Phi) is 8.24. The minimum atomic E-state index is 0.168. The van der Waals surface area contributed by atoms with Crippen molar-refractivity contribution in [3.8, 4) is 15.8 Å². The zero-order valence-electron chi connectivity index (χ0n) is 16.4. The normalized spacial score (nSPS) is 14.6. The number of hydrogen-bond donors (Lipinski definition) is 2. The van der Waals surface area contributed by atoms with E-state index in [-0.39, 0.29) is 14.5 Å². The molecule has 1 fully saturated rings. The fraction of sp³-hybridized carbons (Fsp3) is 0.333. The molecule has 0 aliphatic heterocycles. The number of benzene rings is 1. The third-order valence-electron chi connectivity index (χ3n) is 5.20. The van der Waals surface area contributed by atoms with Crippen LogP contribution in [0.2, 0.25) is 10.0 Å². The number of halogens is 4. The summed E-state index contributed by atoms with van der Waals surface area (Å²) in [5, 5.41) is 13.5. The van der Waals surface area contributed by atoms with E-state index in [1.54, 1.807) is 6.07 Å². The van der Waals surface area contributed by atoms with Crippen LogP contribution in [-0.4, -0.2) is 35.4 Å². The van der Waals surface area contributed by atoms with Crippen molar-refractivity contribution in [2.24, 2.45) is 0 Å². The Labute approximate surface area is 220 Å². The molecule has 3 aromatic rings. The number of thiocarbonyl (C=S) groups is 1. The summed E-state index contributed by atoms with van der Waals surface area (Å²) in [5.74, 6) is 0. The van der Waals surface area contributed by atoms with E-state index in [1.807, 2.05) is 16.8 Å². The number of nitrogens with one attached hydrogen (secondary N) is 2. The van der Waals surface area contributed by atoms with Gasteiger partial charge in [0.1, 0.15) is 0 Å². The first-order valence-corrected chi connectivity index (χ1v) is 14.4. The van der Waals surface area contributed by atoms with Crippen LogP contribution in [0, 0.1) is 0 Å². The fourth-order valence-corrected chi connectivity index (χ4v) is 7.96. The summed E-state index contributed by atoms with van der Waals surface area (Å²) < 4.78 is 5.23. The van der Waals surface area contributed by atoms with E-state index in [4.69, 9.17) is 40.5 Å². The van der Waals surface area contributed by atoms with Crippen molar-refractivity contribution in [2.45, 2.75) is 44.7 Å². The summed E-state index contributed by atoms with van der Waals surface area (Å²) in [6.07, 6.45) is 6.21. The zero-order chi connectivity index (χ0) is 22.0. The number of hydrogen-bond acceptors (Lipinski definition) is 2. The van der Waals surface area contributed by atoms with Crippen LogP contribution >= 0.6 is 67.3 Å². The Balaban J connectivity index is 1.61. The first-order valence-electron chi connectivity index (χ1n) is 9.95. The van der Waals surface area contributed by atoms with Gasteiger partial charge in [-0.1, -0.05) is 0 Å². The van der Waals surface area contributed by atoms with Crippen molar-refractivity contribution in [3.05, 3.63) is 53.9 Å². The summed E-state index contributed by atoms with van der Waals surface area (Å²) in [4.78, 5) is 0. The summed E-state index contributed by atoms with van der Waals surface area (Å²) >= 11 is 25.8. The second-order valence-electron chi connectivity index (χ2n) is 7.38. The van der Waals surface area contributed by atoms with Crippen LogP contribution in [0.3, 0.4) is 0 Å². The SMILES string of the molecule is S=C(NCc1nn(-c2ccc(Cl)cc2Cl)c(-c2ccc(Br)[se]2)c1Br)NC1CCCCC1. The van der Waals surface area contributed by atoms with Crippen LogP contribution in [0.25, 0.3) is 15.8 Å². The molecule has 2 heterocycles. The molecule has 4 rings (SSSR count). The molecule has 31 heavy (non-hydrogen) atoms. The molecule has 1 aliphatic rings. The van der Waals surface area contributed by atoms with Crippen molar-refractivity contribution in [1.29, 1.82) is 0 Å². The van der Waals surface area contributed by atoms with Gasteiger partial charge in [-0.2, -0.15) is 0 Å². The molecule has 0 spiro atoms. The van der Waals surface area contributed by atoms with Gasteiger partial charge in [-0.05, 0) is 0 Å². The van der Waals surface area contributed by atoms with Crippen molar-refractivity contribution in [1.82, 2.24) is 20.4 Å². The first kappa shape index (κ1) is 23.8. The van der Waals surface area contributed by atoms with Crippen LogP contribution in [0.15, 0.2) is 38.2 Å². The first-order chi connectivity index (χ1) is 14.9. The number of nitrogens with zero attached hydrogens (tertiary/aromatic N) is 2. The van der Waals surface area contributed by atoms with Gasteiger partial charge >= 0.3 is 222 Å². The Morgan fingerprint density at radius 1 is 1.16 bits per heavy atom. The minimum absolute atomic E-state index is 0.168. The number of rotatable bonds is 5. The monoisotopic (exact) mass is 668 g/mol. The third-order valence-corrected chi connectivity index (χ3v) is 9.78. The molecule has 164 valence electrons. The molecule has 0 amide bonds. The maximum atomic E-state index is 6.53. The molecule has 10 heteroatoms. The van der Waals surface area contributed by atoms with Gasteiger partial charge in [0.25, 0.3) is 0 Å². The molecule has 2 aromatic heterocycles. The van der Waals surface area contributed by atoms with Crippen molar-refractivity contribution in [2.75, 3.05) is 0 Å². The topological polar surface area (TPSA) is 41.9 Å². The zero-order valence-corrected chi connectivity index (χ0v) is 23.6. The van der Waals surface area contributed by atoms with E-state index in [2.05, 4.69) is 54.6 Å². The average molecular weight is 670 g/mol. The summed E-state index contributed by atoms with van der Waals surface area (Å²) in [6.45, 7) is 0.513. The van der Waals surface area contributed by atoms with Gasteiger partial charge in [-0.25, -0.2) is 0 Å². The summed E-state index contributed by atoms with van der Waals surface area (Å²) in [6, 6.07) is 10.1. The van der Waals surface area contributed by atoms with Crippen molar-refractivity contribution in [3.63, 3.8) is 0 Å². The molecule has 0 unspecified atom stereocenters. The third kappa shape index (κ3) is 5.78. The molecule has 0 saturated heterocycles. The van der Waals surface area contributed by atoms with E-state index in [9.17, 15) is 0 Å². The van der Waals surface area contributed by atoms with Crippen LogP contribution < -0.4 is 10.6 Å². The van der Waals surface area contributed by atoms with Crippen molar-refractivity contribution >= 4 is 86.9 Å². The van der Waals surface area contributed by atoms with Gasteiger partial charge in [0.2, 0.25) is 0 Å². The van der Waals surface area contributed by atoms with E-state index < -0.39 is 0 Å². The van der Waals surface area contributed by atoms with Crippen LogP contribution in [0.4, 0.5) is 0 Å². The van der Waals surface area contributed by atoms with Gasteiger partial charge in [-0.3, -0.25) is 0 Å². The molecule has 1 saturated carbocycles. The van der Waals surface area contributed by atoms with Gasteiger partial charge in [-0.15, -0.1) is 0 Å². The Morgan fingerprint density at radius 2 is 1.94 bits per heavy atom. The van der Waals surface area contributed by atoms with Crippen LogP contribution in [-0.2, 0) is 6.54 Å². The molecule has 0 atom stereocenters. The van der Waals surface area contributed by atoms with E-state index in [1.165, 1.54) is 39.9 Å². The predicted molar refractivity (Wildman–Crippen MR) is 141 cm³/mol. The Morgan fingerprint density at radius 3 is 2.61 bits per heavy atom. The van der Waals surface area contributed by atoms with Gasteiger partial charge in [0, 0.05) is 0 Å². The Hall–Kier alpha value is -0.341. The van der Waals surface area contributed by atoms with E-state index in [0.717, 1.165) is 21.5 Å². The summed E-state index contributed by atoms with van der Waals surface area (Å²) in [7, 11) is 0. The van der Waals surface area contributed by atoms with Gasteiger partial charge in [0.05, 0.1) is 0 Å². The molecule has 4 nitrogen and oxygen atoms in total. The molecule has 1 aromatic carbocycles. The molecular weight excluding hydrogens is 650 g/mol. The molecule has 0 bridgehead atoms. The van der Waals surface area contributed by atoms with Gasteiger partial charge < -0.3 is 0 Å². The second-order valence-corrected chi connectivity index (χ2v) is 13.7. The quantitative estimate of drug-likeness (QED) is 0.234. The molecule has 0 radical (unpaired) electrons. The van der Waals surface area contributed by atoms with E-state index >= 15 is 0 Å². The Bertz CT molecular complexity index is 1100. The second kappa shape index (κ2) is 10.7. The van der Waals surface area contributed by atoms with Gasteiger partial charge in [0.15, 0.2) is 0 Å². The molecule has 2 N–H and O–H groups in total. The predicted octanol–water partition coefficient (Wildman–Crippen LogP) is 6.72. The fourth-order valence-electron chi connectivity index (χ4n) is 3.69.